The van der Waals surface area contributed by atoms with Crippen molar-refractivity contribution in [1.29, 1.82) is 0 Å². The molecule has 0 aliphatic carbocycles. The summed E-state index contributed by atoms with van der Waals surface area (Å²) < 4.78 is 0. The Morgan fingerprint density at radius 2 is 1.70 bits per heavy atom. The van der Waals surface area contributed by atoms with Crippen LogP contribution in [-0.4, -0.2) is 24.9 Å². The predicted molar refractivity (Wildman–Crippen MR) is 80.4 cm³/mol. The van der Waals surface area contributed by atoms with Crippen LogP contribution in [0, 0.1) is 12.8 Å². The average molecular weight is 276 g/mol. The minimum atomic E-state index is -0.136. The van der Waals surface area contributed by atoms with Gasteiger partial charge in [0, 0.05) is 6.54 Å². The van der Waals surface area contributed by atoms with Crippen LogP contribution in [0.3, 0.4) is 0 Å². The normalized spacial score (nSPS) is 10.4. The van der Waals surface area contributed by atoms with Crippen LogP contribution in [0.2, 0.25) is 0 Å². The van der Waals surface area contributed by atoms with Gasteiger partial charge in [-0.3, -0.25) is 9.59 Å². The molecule has 0 saturated carbocycles. The molecule has 0 spiro atoms. The fourth-order valence-electron chi connectivity index (χ4n) is 1.70. The second-order valence-electron chi connectivity index (χ2n) is 5.47. The number of nitrogens with one attached hydrogen (secondary N) is 2. The summed E-state index contributed by atoms with van der Waals surface area (Å²) in [5.41, 5.74) is 2.12. The lowest BCUT2D eigenvalue weighted by molar-refractivity contribution is -0.125. The molecule has 4 nitrogen and oxygen atoms in total. The van der Waals surface area contributed by atoms with Gasteiger partial charge < -0.3 is 10.6 Å². The van der Waals surface area contributed by atoms with Gasteiger partial charge in [0.15, 0.2) is 0 Å². The molecule has 2 amide bonds. The Hall–Kier alpha value is -1.84. The molecule has 0 heterocycles. The van der Waals surface area contributed by atoms with Crippen molar-refractivity contribution in [2.24, 2.45) is 5.92 Å². The van der Waals surface area contributed by atoms with E-state index in [0.29, 0.717) is 18.9 Å². The van der Waals surface area contributed by atoms with Crippen molar-refractivity contribution >= 4 is 11.8 Å². The van der Waals surface area contributed by atoms with E-state index in [4.69, 9.17) is 0 Å². The van der Waals surface area contributed by atoms with E-state index in [9.17, 15) is 9.59 Å². The van der Waals surface area contributed by atoms with Gasteiger partial charge in [0.05, 0.1) is 13.0 Å². The van der Waals surface area contributed by atoms with E-state index < -0.39 is 0 Å². The number of hydrogen-bond donors (Lipinski definition) is 2. The van der Waals surface area contributed by atoms with Crippen LogP contribution in [0.15, 0.2) is 24.3 Å². The fraction of sp³-hybridized carbons (Fsp3) is 0.500. The molecule has 0 atom stereocenters. The number of aryl methyl sites for hydroxylation is 1. The van der Waals surface area contributed by atoms with Crippen LogP contribution in [0.1, 0.15) is 31.4 Å². The first-order valence-electron chi connectivity index (χ1n) is 7.06. The van der Waals surface area contributed by atoms with E-state index in [-0.39, 0.29) is 18.4 Å². The van der Waals surface area contributed by atoms with E-state index in [1.54, 1.807) is 0 Å². The number of amides is 2. The van der Waals surface area contributed by atoms with Crippen LogP contribution in [0.5, 0.6) is 0 Å². The van der Waals surface area contributed by atoms with E-state index in [1.165, 1.54) is 5.56 Å². The molecule has 0 saturated heterocycles. The van der Waals surface area contributed by atoms with Crippen LogP contribution in [0.25, 0.3) is 0 Å². The smallest absolute Gasteiger partial charge is 0.239 e. The highest BCUT2D eigenvalue weighted by atomic mass is 16.2. The number of benzene rings is 1. The molecular weight excluding hydrogens is 252 g/mol. The molecular formula is C16H24N2O2. The van der Waals surface area contributed by atoms with Crippen LogP contribution < -0.4 is 10.6 Å². The first kappa shape index (κ1) is 16.2. The Morgan fingerprint density at radius 3 is 2.30 bits per heavy atom. The van der Waals surface area contributed by atoms with Gasteiger partial charge in [0.1, 0.15) is 0 Å². The Bertz CT molecular complexity index is 438. The summed E-state index contributed by atoms with van der Waals surface area (Å²) >= 11 is 0. The molecule has 0 aliphatic heterocycles. The van der Waals surface area contributed by atoms with Crippen molar-refractivity contribution in [2.45, 2.75) is 33.6 Å². The summed E-state index contributed by atoms with van der Waals surface area (Å²) in [6, 6.07) is 7.80. The van der Waals surface area contributed by atoms with E-state index in [0.717, 1.165) is 12.0 Å². The maximum atomic E-state index is 11.7. The van der Waals surface area contributed by atoms with Crippen molar-refractivity contribution in [3.63, 3.8) is 0 Å². The maximum absolute atomic E-state index is 11.7. The molecule has 0 radical (unpaired) electrons. The second kappa shape index (κ2) is 8.35. The molecule has 1 aromatic carbocycles. The molecule has 2 N–H and O–H groups in total. The zero-order chi connectivity index (χ0) is 15.0. The van der Waals surface area contributed by atoms with Gasteiger partial charge in [-0.1, -0.05) is 43.7 Å². The van der Waals surface area contributed by atoms with Crippen molar-refractivity contribution in [3.05, 3.63) is 35.4 Å². The zero-order valence-electron chi connectivity index (χ0n) is 12.5. The topological polar surface area (TPSA) is 58.2 Å². The van der Waals surface area contributed by atoms with Gasteiger partial charge in [0.25, 0.3) is 0 Å². The number of carbonyl (C=O) groups is 2. The Kier molecular flexibility index (Phi) is 6.77. The molecule has 0 aliphatic rings. The van der Waals surface area contributed by atoms with Gasteiger partial charge in [-0.05, 0) is 24.8 Å². The molecule has 1 rings (SSSR count). The number of rotatable bonds is 7. The molecule has 0 aromatic heterocycles. The van der Waals surface area contributed by atoms with Crippen LogP contribution in [-0.2, 0) is 16.0 Å². The van der Waals surface area contributed by atoms with Gasteiger partial charge >= 0.3 is 0 Å². The first-order chi connectivity index (χ1) is 9.47. The molecule has 0 unspecified atom stereocenters. The molecule has 4 heteroatoms. The minimum Gasteiger partial charge on any atom is -0.355 e. The lowest BCUT2D eigenvalue weighted by Crippen LogP contribution is -2.38. The summed E-state index contributed by atoms with van der Waals surface area (Å²) in [5, 5.41) is 5.42. The van der Waals surface area contributed by atoms with E-state index >= 15 is 0 Å². The average Bonchev–Trinajstić information content (AvgIpc) is 2.39. The minimum absolute atomic E-state index is 0.0444. The second-order valence-corrected chi connectivity index (χ2v) is 5.47. The monoisotopic (exact) mass is 276 g/mol. The third kappa shape index (κ3) is 6.92. The fourth-order valence-corrected chi connectivity index (χ4v) is 1.70. The maximum Gasteiger partial charge on any atom is 0.239 e. The first-order valence-corrected chi connectivity index (χ1v) is 7.06. The Balaban J connectivity index is 2.22. The van der Waals surface area contributed by atoms with E-state index in [1.807, 2.05) is 31.2 Å². The Morgan fingerprint density at radius 1 is 1.05 bits per heavy atom. The summed E-state index contributed by atoms with van der Waals surface area (Å²) in [4.78, 5) is 23.2. The van der Waals surface area contributed by atoms with Crippen LogP contribution in [0.4, 0.5) is 0 Å². The molecule has 110 valence electrons. The highest BCUT2D eigenvalue weighted by Gasteiger charge is 2.06. The molecule has 1 aromatic rings. The molecule has 0 fully saturated rings. The van der Waals surface area contributed by atoms with Gasteiger partial charge in [-0.2, -0.15) is 0 Å². The summed E-state index contributed by atoms with van der Waals surface area (Å²) in [6.45, 7) is 6.92. The van der Waals surface area contributed by atoms with Crippen molar-refractivity contribution in [1.82, 2.24) is 10.6 Å². The SMILES string of the molecule is Cc1ccc(CC(=O)NCC(=O)NCCC(C)C)cc1. The zero-order valence-corrected chi connectivity index (χ0v) is 12.5. The largest absolute Gasteiger partial charge is 0.355 e. The van der Waals surface area contributed by atoms with Crippen molar-refractivity contribution in [2.75, 3.05) is 13.1 Å². The molecule has 20 heavy (non-hydrogen) atoms. The summed E-state index contributed by atoms with van der Waals surface area (Å²) in [6.07, 6.45) is 1.25. The third-order valence-corrected chi connectivity index (χ3v) is 2.98. The summed E-state index contributed by atoms with van der Waals surface area (Å²) in [5.74, 6) is 0.294. The third-order valence-electron chi connectivity index (χ3n) is 2.98. The molecule has 0 bridgehead atoms. The number of hydrogen-bond acceptors (Lipinski definition) is 2. The highest BCUT2D eigenvalue weighted by molar-refractivity contribution is 5.85. The van der Waals surface area contributed by atoms with E-state index in [2.05, 4.69) is 24.5 Å². The predicted octanol–water partition coefficient (Wildman–Crippen LogP) is 1.82. The number of carbonyl (C=O) groups excluding carboxylic acids is 2. The lowest BCUT2D eigenvalue weighted by Gasteiger charge is -2.08. The highest BCUT2D eigenvalue weighted by Crippen LogP contribution is 2.03. The standard InChI is InChI=1S/C16H24N2O2/c1-12(2)8-9-17-16(20)11-18-15(19)10-14-6-4-13(3)5-7-14/h4-7,12H,8-11H2,1-3H3,(H,17,20)(H,18,19). The van der Waals surface area contributed by atoms with Gasteiger partial charge in [-0.25, -0.2) is 0 Å². The van der Waals surface area contributed by atoms with Crippen LogP contribution >= 0.6 is 0 Å². The quantitative estimate of drug-likeness (QED) is 0.798. The summed E-state index contributed by atoms with van der Waals surface area (Å²) in [7, 11) is 0. The van der Waals surface area contributed by atoms with Gasteiger partial charge in [-0.15, -0.1) is 0 Å². The van der Waals surface area contributed by atoms with Crippen molar-refractivity contribution < 1.29 is 9.59 Å². The van der Waals surface area contributed by atoms with Crippen molar-refractivity contribution in [3.8, 4) is 0 Å². The Labute approximate surface area is 121 Å². The van der Waals surface area contributed by atoms with Gasteiger partial charge in [0.2, 0.25) is 11.8 Å². The lowest BCUT2D eigenvalue weighted by atomic mass is 10.1.